The fraction of sp³-hybridized carbons (Fsp3) is 0.278. The number of hydrogen-bond acceptors (Lipinski definition) is 5. The Kier molecular flexibility index (Phi) is 5.46. The second kappa shape index (κ2) is 7.54. The highest BCUT2D eigenvalue weighted by atomic mass is 16.5. The van der Waals surface area contributed by atoms with Gasteiger partial charge in [-0.25, -0.2) is 0 Å². The molecule has 0 spiro atoms. The van der Waals surface area contributed by atoms with E-state index in [0.29, 0.717) is 23.0 Å². The summed E-state index contributed by atoms with van der Waals surface area (Å²) >= 11 is 0. The Labute approximate surface area is 135 Å². The van der Waals surface area contributed by atoms with Gasteiger partial charge in [-0.2, -0.15) is 0 Å². The predicted octanol–water partition coefficient (Wildman–Crippen LogP) is 3.17. The maximum absolute atomic E-state index is 12.1. The highest BCUT2D eigenvalue weighted by molar-refractivity contribution is 5.76. The van der Waals surface area contributed by atoms with Gasteiger partial charge in [0.25, 0.3) is 0 Å². The number of esters is 1. The molecule has 0 aromatic heterocycles. The number of benzene rings is 2. The van der Waals surface area contributed by atoms with E-state index in [-0.39, 0.29) is 12.4 Å². The van der Waals surface area contributed by atoms with Crippen molar-refractivity contribution in [3.8, 4) is 23.0 Å². The van der Waals surface area contributed by atoms with E-state index in [1.807, 2.05) is 19.1 Å². The monoisotopic (exact) mass is 316 g/mol. The second-order valence-electron chi connectivity index (χ2n) is 5.00. The van der Waals surface area contributed by atoms with Gasteiger partial charge in [0.1, 0.15) is 5.75 Å². The standard InChI is InChI=1S/C18H20O5/c1-12-5-7-14(8-6-12)23-17(19)11-13-9-15(20-2)18(22-4)16(10-13)21-3/h5-10H,11H2,1-4H3. The lowest BCUT2D eigenvalue weighted by molar-refractivity contribution is -0.133. The van der Waals surface area contributed by atoms with Crippen LogP contribution in [-0.4, -0.2) is 27.3 Å². The Balaban J connectivity index is 2.15. The lowest BCUT2D eigenvalue weighted by Gasteiger charge is -2.14. The molecule has 0 unspecified atom stereocenters. The molecular formula is C18H20O5. The van der Waals surface area contributed by atoms with Crippen LogP contribution in [0.15, 0.2) is 36.4 Å². The molecular weight excluding hydrogens is 296 g/mol. The minimum atomic E-state index is -0.358. The summed E-state index contributed by atoms with van der Waals surface area (Å²) < 4.78 is 21.1. The van der Waals surface area contributed by atoms with Crippen molar-refractivity contribution in [1.29, 1.82) is 0 Å². The van der Waals surface area contributed by atoms with Crippen molar-refractivity contribution in [2.24, 2.45) is 0 Å². The van der Waals surface area contributed by atoms with Gasteiger partial charge in [-0.05, 0) is 36.8 Å². The summed E-state index contributed by atoms with van der Waals surface area (Å²) in [5, 5.41) is 0. The van der Waals surface area contributed by atoms with E-state index < -0.39 is 0 Å². The SMILES string of the molecule is COc1cc(CC(=O)Oc2ccc(C)cc2)cc(OC)c1OC. The molecule has 0 heterocycles. The fourth-order valence-electron chi connectivity index (χ4n) is 2.18. The Morgan fingerprint density at radius 1 is 0.913 bits per heavy atom. The summed E-state index contributed by atoms with van der Waals surface area (Å²) in [4.78, 5) is 12.1. The Morgan fingerprint density at radius 3 is 1.96 bits per heavy atom. The van der Waals surface area contributed by atoms with Crippen LogP contribution in [0.25, 0.3) is 0 Å². The van der Waals surface area contributed by atoms with Gasteiger partial charge in [-0.1, -0.05) is 17.7 Å². The summed E-state index contributed by atoms with van der Waals surface area (Å²) in [5.74, 6) is 1.66. The van der Waals surface area contributed by atoms with Crippen molar-refractivity contribution in [2.75, 3.05) is 21.3 Å². The number of aryl methyl sites for hydroxylation is 1. The summed E-state index contributed by atoms with van der Waals surface area (Å²) in [6, 6.07) is 10.8. The van der Waals surface area contributed by atoms with Crippen LogP contribution in [0.4, 0.5) is 0 Å². The molecule has 23 heavy (non-hydrogen) atoms. The van der Waals surface area contributed by atoms with E-state index in [1.54, 1.807) is 24.3 Å². The number of carbonyl (C=O) groups excluding carboxylic acids is 1. The molecule has 122 valence electrons. The molecule has 0 fully saturated rings. The van der Waals surface area contributed by atoms with Gasteiger partial charge in [-0.3, -0.25) is 4.79 Å². The zero-order valence-corrected chi connectivity index (χ0v) is 13.7. The van der Waals surface area contributed by atoms with Crippen LogP contribution >= 0.6 is 0 Å². The fourth-order valence-corrected chi connectivity index (χ4v) is 2.18. The molecule has 2 aromatic rings. The molecule has 0 bridgehead atoms. The van der Waals surface area contributed by atoms with Crippen molar-refractivity contribution in [3.63, 3.8) is 0 Å². The zero-order valence-electron chi connectivity index (χ0n) is 13.7. The lowest BCUT2D eigenvalue weighted by atomic mass is 10.1. The topological polar surface area (TPSA) is 54.0 Å². The summed E-state index contributed by atoms with van der Waals surface area (Å²) in [6.07, 6.45) is 0.102. The number of ether oxygens (including phenoxy) is 4. The maximum Gasteiger partial charge on any atom is 0.315 e. The second-order valence-corrected chi connectivity index (χ2v) is 5.00. The zero-order chi connectivity index (χ0) is 16.8. The van der Waals surface area contributed by atoms with Crippen molar-refractivity contribution in [2.45, 2.75) is 13.3 Å². The largest absolute Gasteiger partial charge is 0.493 e. The van der Waals surface area contributed by atoms with E-state index in [0.717, 1.165) is 11.1 Å². The molecule has 0 radical (unpaired) electrons. The third-order valence-electron chi connectivity index (χ3n) is 3.33. The molecule has 0 saturated carbocycles. The molecule has 0 N–H and O–H groups in total. The molecule has 5 heteroatoms. The van der Waals surface area contributed by atoms with E-state index in [9.17, 15) is 4.79 Å². The number of carbonyl (C=O) groups is 1. The lowest BCUT2D eigenvalue weighted by Crippen LogP contribution is -2.11. The van der Waals surface area contributed by atoms with Gasteiger partial charge >= 0.3 is 5.97 Å². The first-order chi connectivity index (χ1) is 11.1. The van der Waals surface area contributed by atoms with Crippen molar-refractivity contribution < 1.29 is 23.7 Å². The normalized spacial score (nSPS) is 10.1. The summed E-state index contributed by atoms with van der Waals surface area (Å²) in [6.45, 7) is 1.97. The molecule has 0 saturated heterocycles. The Hall–Kier alpha value is -2.69. The molecule has 0 aliphatic heterocycles. The van der Waals surface area contributed by atoms with Gasteiger partial charge in [0, 0.05) is 0 Å². The van der Waals surface area contributed by atoms with Crippen LogP contribution in [-0.2, 0) is 11.2 Å². The number of rotatable bonds is 6. The smallest absolute Gasteiger partial charge is 0.315 e. The molecule has 2 aromatic carbocycles. The van der Waals surface area contributed by atoms with Crippen LogP contribution in [0, 0.1) is 6.92 Å². The minimum Gasteiger partial charge on any atom is -0.493 e. The van der Waals surface area contributed by atoms with Gasteiger partial charge in [0.05, 0.1) is 27.8 Å². The third kappa shape index (κ3) is 4.16. The van der Waals surface area contributed by atoms with Crippen LogP contribution in [0.5, 0.6) is 23.0 Å². The van der Waals surface area contributed by atoms with Crippen molar-refractivity contribution in [3.05, 3.63) is 47.5 Å². The van der Waals surface area contributed by atoms with E-state index in [2.05, 4.69) is 0 Å². The summed E-state index contributed by atoms with van der Waals surface area (Å²) in [7, 11) is 4.60. The van der Waals surface area contributed by atoms with Crippen molar-refractivity contribution >= 4 is 5.97 Å². The van der Waals surface area contributed by atoms with Crippen molar-refractivity contribution in [1.82, 2.24) is 0 Å². The highest BCUT2D eigenvalue weighted by Gasteiger charge is 2.15. The third-order valence-corrected chi connectivity index (χ3v) is 3.33. The number of hydrogen-bond donors (Lipinski definition) is 0. The van der Waals surface area contributed by atoms with Crippen LogP contribution in [0.1, 0.15) is 11.1 Å². The van der Waals surface area contributed by atoms with Crippen LogP contribution in [0.2, 0.25) is 0 Å². The average Bonchev–Trinajstić information content (AvgIpc) is 2.55. The van der Waals surface area contributed by atoms with Gasteiger partial charge in [0.15, 0.2) is 11.5 Å². The van der Waals surface area contributed by atoms with Gasteiger partial charge < -0.3 is 18.9 Å². The molecule has 5 nitrogen and oxygen atoms in total. The molecule has 2 rings (SSSR count). The molecule has 0 atom stereocenters. The van der Waals surface area contributed by atoms with Gasteiger partial charge in [-0.15, -0.1) is 0 Å². The molecule has 0 aliphatic carbocycles. The Morgan fingerprint density at radius 2 is 1.48 bits per heavy atom. The van der Waals surface area contributed by atoms with Gasteiger partial charge in [0.2, 0.25) is 5.75 Å². The molecule has 0 aliphatic rings. The van der Waals surface area contributed by atoms with Crippen LogP contribution < -0.4 is 18.9 Å². The first-order valence-corrected chi connectivity index (χ1v) is 7.13. The van der Waals surface area contributed by atoms with E-state index in [1.165, 1.54) is 21.3 Å². The van der Waals surface area contributed by atoms with E-state index in [4.69, 9.17) is 18.9 Å². The highest BCUT2D eigenvalue weighted by Crippen LogP contribution is 2.38. The first-order valence-electron chi connectivity index (χ1n) is 7.13. The first kappa shape index (κ1) is 16.7. The average molecular weight is 316 g/mol. The minimum absolute atomic E-state index is 0.102. The Bertz CT molecular complexity index is 651. The number of methoxy groups -OCH3 is 3. The predicted molar refractivity (Wildman–Crippen MR) is 86.6 cm³/mol. The van der Waals surface area contributed by atoms with E-state index >= 15 is 0 Å². The maximum atomic E-state index is 12.1. The summed E-state index contributed by atoms with van der Waals surface area (Å²) in [5.41, 5.74) is 1.83. The quantitative estimate of drug-likeness (QED) is 0.605. The molecule has 0 amide bonds. The van der Waals surface area contributed by atoms with Crippen LogP contribution in [0.3, 0.4) is 0 Å².